The maximum Gasteiger partial charge on any atom is 0.132 e. The number of hydrogen-bond donors (Lipinski definition) is 0. The minimum atomic E-state index is 0. The lowest BCUT2D eigenvalue weighted by molar-refractivity contribution is 0.912. The first-order chi connectivity index (χ1) is 13.6. The second-order valence-electron chi connectivity index (χ2n) is 6.72. The first kappa shape index (κ1) is 21.8. The summed E-state index contributed by atoms with van der Waals surface area (Å²) in [6, 6.07) is 17.8. The second-order valence-corrected chi connectivity index (χ2v) is 6.72. The van der Waals surface area contributed by atoms with E-state index >= 15 is 0 Å². The van der Waals surface area contributed by atoms with E-state index in [4.69, 9.17) is 15.5 Å². The first-order valence-electron chi connectivity index (χ1n) is 9.05. The standard InChI is InChI=1S/C24H20N4.ClH/c1-17-12-21(4-3-10-25)13-18(2)23(17)15-22-9-11-27-24(28-22)14-19-5-7-20(16-26)8-6-19;/h3-9,11-13H,14-15H2,1-2H3;1H. The van der Waals surface area contributed by atoms with Crippen molar-refractivity contribution in [1.29, 1.82) is 10.5 Å². The third-order valence-electron chi connectivity index (χ3n) is 4.63. The van der Waals surface area contributed by atoms with Gasteiger partial charge in [-0.1, -0.05) is 24.3 Å². The summed E-state index contributed by atoms with van der Waals surface area (Å²) in [5.41, 5.74) is 7.36. The number of allylic oxidation sites excluding steroid dienone is 1. The van der Waals surface area contributed by atoms with Crippen molar-refractivity contribution in [3.05, 3.63) is 99.6 Å². The molecule has 0 bridgehead atoms. The van der Waals surface area contributed by atoms with E-state index in [0.29, 0.717) is 12.0 Å². The fourth-order valence-corrected chi connectivity index (χ4v) is 3.22. The Labute approximate surface area is 177 Å². The number of nitrogens with zero attached hydrogens (tertiary/aromatic N) is 4. The highest BCUT2D eigenvalue weighted by Gasteiger charge is 2.08. The molecule has 0 aliphatic heterocycles. The third-order valence-corrected chi connectivity index (χ3v) is 4.63. The smallest absolute Gasteiger partial charge is 0.132 e. The number of hydrogen-bond acceptors (Lipinski definition) is 4. The van der Waals surface area contributed by atoms with Crippen LogP contribution in [0, 0.1) is 36.5 Å². The molecule has 144 valence electrons. The summed E-state index contributed by atoms with van der Waals surface area (Å²) in [6.07, 6.45) is 6.49. The molecule has 0 saturated heterocycles. The molecular formula is C24H21ClN4. The Hall–Kier alpha value is -3.47. The SMILES string of the molecule is Cc1cc(C=CC#N)cc(C)c1Cc1ccnc(Cc2ccc(C#N)cc2)n1.Cl. The van der Waals surface area contributed by atoms with Crippen LogP contribution in [-0.4, -0.2) is 9.97 Å². The van der Waals surface area contributed by atoms with Crippen molar-refractivity contribution in [2.24, 2.45) is 0 Å². The van der Waals surface area contributed by atoms with Crippen LogP contribution in [-0.2, 0) is 12.8 Å². The summed E-state index contributed by atoms with van der Waals surface area (Å²) in [7, 11) is 0. The molecule has 0 unspecified atom stereocenters. The van der Waals surface area contributed by atoms with Crippen LogP contribution in [0.25, 0.3) is 6.08 Å². The van der Waals surface area contributed by atoms with Gasteiger partial charge in [-0.25, -0.2) is 9.97 Å². The predicted molar refractivity (Wildman–Crippen MR) is 117 cm³/mol. The quantitative estimate of drug-likeness (QED) is 0.558. The average Bonchev–Trinajstić information content (AvgIpc) is 2.70. The second kappa shape index (κ2) is 10.2. The minimum Gasteiger partial charge on any atom is -0.241 e. The maximum absolute atomic E-state index is 8.91. The van der Waals surface area contributed by atoms with Gasteiger partial charge in [0.1, 0.15) is 5.82 Å². The van der Waals surface area contributed by atoms with Gasteiger partial charge >= 0.3 is 0 Å². The Morgan fingerprint density at radius 3 is 2.28 bits per heavy atom. The number of aryl methyl sites for hydroxylation is 2. The van der Waals surface area contributed by atoms with Gasteiger partial charge in [0.2, 0.25) is 0 Å². The normalized spacial score (nSPS) is 10.2. The van der Waals surface area contributed by atoms with Crippen LogP contribution in [0.4, 0.5) is 0 Å². The Kier molecular flexibility index (Phi) is 7.66. The zero-order valence-electron chi connectivity index (χ0n) is 16.4. The summed E-state index contributed by atoms with van der Waals surface area (Å²) in [5.74, 6) is 0.770. The molecule has 0 aliphatic rings. The molecule has 1 heterocycles. The Bertz CT molecular complexity index is 1080. The van der Waals surface area contributed by atoms with Crippen LogP contribution in [0.3, 0.4) is 0 Å². The Morgan fingerprint density at radius 2 is 1.66 bits per heavy atom. The van der Waals surface area contributed by atoms with Crippen molar-refractivity contribution in [2.45, 2.75) is 26.7 Å². The maximum atomic E-state index is 8.91. The zero-order valence-corrected chi connectivity index (χ0v) is 17.2. The predicted octanol–water partition coefficient (Wildman–Crippen LogP) is 5.11. The number of aromatic nitrogens is 2. The molecule has 0 atom stereocenters. The van der Waals surface area contributed by atoms with E-state index in [0.717, 1.165) is 29.1 Å². The van der Waals surface area contributed by atoms with E-state index in [9.17, 15) is 0 Å². The van der Waals surface area contributed by atoms with Gasteiger partial charge in [-0.3, -0.25) is 0 Å². The molecular weight excluding hydrogens is 380 g/mol. The summed E-state index contributed by atoms with van der Waals surface area (Å²) in [4.78, 5) is 9.12. The van der Waals surface area contributed by atoms with E-state index in [-0.39, 0.29) is 12.4 Å². The van der Waals surface area contributed by atoms with Crippen LogP contribution in [0.5, 0.6) is 0 Å². The molecule has 0 fully saturated rings. The largest absolute Gasteiger partial charge is 0.241 e. The highest BCUT2D eigenvalue weighted by Crippen LogP contribution is 2.21. The van der Waals surface area contributed by atoms with Gasteiger partial charge in [0, 0.05) is 30.8 Å². The molecule has 4 nitrogen and oxygen atoms in total. The number of benzene rings is 2. The molecule has 0 spiro atoms. The molecule has 3 rings (SSSR count). The van der Waals surface area contributed by atoms with Gasteiger partial charge in [-0.2, -0.15) is 10.5 Å². The van der Waals surface area contributed by atoms with Crippen molar-refractivity contribution in [2.75, 3.05) is 0 Å². The monoisotopic (exact) mass is 400 g/mol. The molecule has 0 saturated carbocycles. The lowest BCUT2D eigenvalue weighted by Gasteiger charge is -2.12. The fraction of sp³-hybridized carbons (Fsp3) is 0.167. The summed E-state index contributed by atoms with van der Waals surface area (Å²) in [6.45, 7) is 4.18. The molecule has 0 radical (unpaired) electrons. The van der Waals surface area contributed by atoms with Crippen molar-refractivity contribution < 1.29 is 0 Å². The molecule has 1 aromatic heterocycles. The summed E-state index contributed by atoms with van der Waals surface area (Å²) >= 11 is 0. The van der Waals surface area contributed by atoms with Crippen molar-refractivity contribution in [3.8, 4) is 12.1 Å². The van der Waals surface area contributed by atoms with E-state index in [1.54, 1.807) is 6.20 Å². The van der Waals surface area contributed by atoms with Crippen LogP contribution in [0.1, 0.15) is 44.9 Å². The Balaban J connectivity index is 0.00000300. The van der Waals surface area contributed by atoms with Gasteiger partial charge in [0.05, 0.1) is 17.7 Å². The van der Waals surface area contributed by atoms with Crippen molar-refractivity contribution in [1.82, 2.24) is 9.97 Å². The van der Waals surface area contributed by atoms with E-state index < -0.39 is 0 Å². The van der Waals surface area contributed by atoms with Gasteiger partial charge < -0.3 is 0 Å². The van der Waals surface area contributed by atoms with Crippen LogP contribution >= 0.6 is 12.4 Å². The molecule has 29 heavy (non-hydrogen) atoms. The summed E-state index contributed by atoms with van der Waals surface area (Å²) in [5, 5.41) is 17.6. The van der Waals surface area contributed by atoms with Crippen molar-refractivity contribution >= 4 is 18.5 Å². The van der Waals surface area contributed by atoms with Gasteiger partial charge in [0.25, 0.3) is 0 Å². The number of nitriles is 2. The highest BCUT2D eigenvalue weighted by molar-refractivity contribution is 5.85. The van der Waals surface area contributed by atoms with E-state index in [2.05, 4.69) is 37.0 Å². The summed E-state index contributed by atoms with van der Waals surface area (Å²) < 4.78 is 0. The van der Waals surface area contributed by atoms with Crippen LogP contribution in [0.2, 0.25) is 0 Å². The fourth-order valence-electron chi connectivity index (χ4n) is 3.22. The van der Waals surface area contributed by atoms with E-state index in [1.165, 1.54) is 22.8 Å². The molecule has 0 aliphatic carbocycles. The molecule has 0 amide bonds. The highest BCUT2D eigenvalue weighted by atomic mass is 35.5. The number of halogens is 1. The molecule has 0 N–H and O–H groups in total. The van der Waals surface area contributed by atoms with Crippen LogP contribution < -0.4 is 0 Å². The Morgan fingerprint density at radius 1 is 0.966 bits per heavy atom. The lowest BCUT2D eigenvalue weighted by atomic mass is 9.95. The molecule has 5 heteroatoms. The third kappa shape index (κ3) is 5.75. The van der Waals surface area contributed by atoms with E-state index in [1.807, 2.05) is 42.5 Å². The molecule has 2 aromatic carbocycles. The first-order valence-corrected chi connectivity index (χ1v) is 9.05. The lowest BCUT2D eigenvalue weighted by Crippen LogP contribution is -2.03. The average molecular weight is 401 g/mol. The number of rotatable bonds is 5. The van der Waals surface area contributed by atoms with Crippen LogP contribution in [0.15, 0.2) is 54.7 Å². The zero-order chi connectivity index (χ0) is 19.9. The minimum absolute atomic E-state index is 0. The molecule has 3 aromatic rings. The van der Waals surface area contributed by atoms with Gasteiger partial charge in [-0.05, 0) is 65.9 Å². The van der Waals surface area contributed by atoms with Crippen molar-refractivity contribution in [3.63, 3.8) is 0 Å². The van der Waals surface area contributed by atoms with Gasteiger partial charge in [0.15, 0.2) is 0 Å². The van der Waals surface area contributed by atoms with Gasteiger partial charge in [-0.15, -0.1) is 12.4 Å². The topological polar surface area (TPSA) is 73.4 Å².